The van der Waals surface area contributed by atoms with Gasteiger partial charge in [0.15, 0.2) is 0 Å². The third-order valence-corrected chi connectivity index (χ3v) is 3.70. The lowest BCUT2D eigenvalue weighted by molar-refractivity contribution is 0.0907. The van der Waals surface area contributed by atoms with Crippen LogP contribution in [0.5, 0.6) is 0 Å². The van der Waals surface area contributed by atoms with Gasteiger partial charge in [-0.05, 0) is 32.4 Å². The van der Waals surface area contributed by atoms with E-state index in [4.69, 9.17) is 10.5 Å². The van der Waals surface area contributed by atoms with E-state index in [2.05, 4.69) is 5.32 Å². The van der Waals surface area contributed by atoms with Gasteiger partial charge in [-0.25, -0.2) is 4.39 Å². The van der Waals surface area contributed by atoms with Crippen molar-refractivity contribution in [3.05, 3.63) is 29.1 Å². The molecule has 1 aromatic carbocycles. The molecule has 3 N–H and O–H groups in total. The highest BCUT2D eigenvalue weighted by atomic mass is 19.1. The molecule has 0 radical (unpaired) electrons. The van der Waals surface area contributed by atoms with Gasteiger partial charge >= 0.3 is 0 Å². The molecule has 1 heterocycles. The Morgan fingerprint density at radius 1 is 1.58 bits per heavy atom. The summed E-state index contributed by atoms with van der Waals surface area (Å²) in [6, 6.07) is 2.72. The van der Waals surface area contributed by atoms with Crippen molar-refractivity contribution < 1.29 is 13.9 Å². The van der Waals surface area contributed by atoms with Crippen molar-refractivity contribution in [1.29, 1.82) is 0 Å². The molecule has 5 heteroatoms. The second-order valence-corrected chi connectivity index (χ2v) is 5.01. The van der Waals surface area contributed by atoms with Crippen molar-refractivity contribution in [3.8, 4) is 0 Å². The number of ether oxygens (including phenoxy) is 1. The van der Waals surface area contributed by atoms with Crippen molar-refractivity contribution in [2.75, 3.05) is 18.9 Å². The first-order valence-corrected chi connectivity index (χ1v) is 6.44. The van der Waals surface area contributed by atoms with Crippen molar-refractivity contribution in [2.45, 2.75) is 26.4 Å². The minimum absolute atomic E-state index is 0.153. The fourth-order valence-corrected chi connectivity index (χ4v) is 2.20. The first-order valence-electron chi connectivity index (χ1n) is 6.44. The highest BCUT2D eigenvalue weighted by Crippen LogP contribution is 2.20. The molecule has 0 aliphatic carbocycles. The maximum absolute atomic E-state index is 13.5. The molecular formula is C14H19FN2O2. The molecule has 1 saturated heterocycles. The Hall–Kier alpha value is -1.62. The van der Waals surface area contributed by atoms with Gasteiger partial charge in [-0.2, -0.15) is 0 Å². The van der Waals surface area contributed by atoms with Gasteiger partial charge in [-0.3, -0.25) is 4.79 Å². The van der Waals surface area contributed by atoms with Crippen LogP contribution >= 0.6 is 0 Å². The number of hydrogen-bond acceptors (Lipinski definition) is 3. The van der Waals surface area contributed by atoms with Gasteiger partial charge in [0.25, 0.3) is 5.91 Å². The molecule has 2 atom stereocenters. The van der Waals surface area contributed by atoms with Crippen molar-refractivity contribution in [1.82, 2.24) is 5.32 Å². The molecule has 1 amide bonds. The summed E-state index contributed by atoms with van der Waals surface area (Å²) in [6.07, 6.45) is 1.09. The predicted molar refractivity (Wildman–Crippen MR) is 71.4 cm³/mol. The second kappa shape index (κ2) is 5.57. The summed E-state index contributed by atoms with van der Waals surface area (Å²) in [5.74, 6) is -0.441. The minimum atomic E-state index is -0.456. The Labute approximate surface area is 112 Å². The van der Waals surface area contributed by atoms with E-state index < -0.39 is 5.82 Å². The van der Waals surface area contributed by atoms with E-state index in [1.165, 1.54) is 12.1 Å². The normalized spacial score (nSPS) is 22.5. The van der Waals surface area contributed by atoms with Gasteiger partial charge in [0.05, 0.1) is 6.10 Å². The SMILES string of the molecule is Cc1c(N)cc(C(=O)NCC2CCOC2C)cc1F. The molecule has 2 rings (SSSR count). The molecule has 1 aliphatic heterocycles. The lowest BCUT2D eigenvalue weighted by atomic mass is 10.0. The molecule has 19 heavy (non-hydrogen) atoms. The molecule has 0 bridgehead atoms. The summed E-state index contributed by atoms with van der Waals surface area (Å²) >= 11 is 0. The number of carbonyl (C=O) groups is 1. The Bertz CT molecular complexity index is 467. The Kier molecular flexibility index (Phi) is 4.04. The first-order chi connectivity index (χ1) is 8.99. The Morgan fingerprint density at radius 3 is 2.89 bits per heavy atom. The van der Waals surface area contributed by atoms with Gasteiger partial charge < -0.3 is 15.8 Å². The van der Waals surface area contributed by atoms with Gasteiger partial charge in [-0.1, -0.05) is 0 Å². The molecular weight excluding hydrogens is 247 g/mol. The fourth-order valence-electron chi connectivity index (χ4n) is 2.20. The van der Waals surface area contributed by atoms with E-state index >= 15 is 0 Å². The summed E-state index contributed by atoms with van der Waals surface area (Å²) < 4.78 is 18.9. The van der Waals surface area contributed by atoms with Crippen LogP contribution < -0.4 is 11.1 Å². The van der Waals surface area contributed by atoms with Crippen LogP contribution in [-0.2, 0) is 4.74 Å². The minimum Gasteiger partial charge on any atom is -0.398 e. The lowest BCUT2D eigenvalue weighted by Crippen LogP contribution is -2.32. The average Bonchev–Trinajstić information content (AvgIpc) is 2.78. The Morgan fingerprint density at radius 2 is 2.32 bits per heavy atom. The summed E-state index contributed by atoms with van der Waals surface area (Å²) in [4.78, 5) is 11.9. The molecule has 104 valence electrons. The molecule has 0 spiro atoms. The quantitative estimate of drug-likeness (QED) is 0.821. The zero-order valence-corrected chi connectivity index (χ0v) is 11.2. The van der Waals surface area contributed by atoms with Gasteiger partial charge in [-0.15, -0.1) is 0 Å². The topological polar surface area (TPSA) is 64.4 Å². The summed E-state index contributed by atoms with van der Waals surface area (Å²) in [6.45, 7) is 4.85. The number of halogens is 1. The number of hydrogen-bond donors (Lipinski definition) is 2. The number of nitrogen functional groups attached to an aromatic ring is 1. The number of carbonyl (C=O) groups excluding carboxylic acids is 1. The molecule has 0 aromatic heterocycles. The van der Waals surface area contributed by atoms with E-state index in [1.54, 1.807) is 6.92 Å². The molecule has 1 fully saturated rings. The third-order valence-electron chi connectivity index (χ3n) is 3.70. The second-order valence-electron chi connectivity index (χ2n) is 5.01. The molecule has 1 aromatic rings. The maximum Gasteiger partial charge on any atom is 0.251 e. The lowest BCUT2D eigenvalue weighted by Gasteiger charge is -2.15. The van der Waals surface area contributed by atoms with Gasteiger partial charge in [0.1, 0.15) is 5.82 Å². The highest BCUT2D eigenvalue weighted by molar-refractivity contribution is 5.95. The highest BCUT2D eigenvalue weighted by Gasteiger charge is 2.24. The maximum atomic E-state index is 13.5. The predicted octanol–water partition coefficient (Wildman–Crippen LogP) is 1.87. The van der Waals surface area contributed by atoms with Crippen LogP contribution in [0.25, 0.3) is 0 Å². The van der Waals surface area contributed by atoms with Gasteiger partial charge in [0.2, 0.25) is 0 Å². The van der Waals surface area contributed by atoms with E-state index in [0.29, 0.717) is 23.7 Å². The van der Waals surface area contributed by atoms with E-state index in [-0.39, 0.29) is 17.6 Å². The molecule has 0 saturated carbocycles. The van der Waals surface area contributed by atoms with E-state index in [9.17, 15) is 9.18 Å². The number of rotatable bonds is 3. The van der Waals surface area contributed by atoms with Crippen LogP contribution in [0.2, 0.25) is 0 Å². The smallest absolute Gasteiger partial charge is 0.251 e. The van der Waals surface area contributed by atoms with Crippen LogP contribution in [0, 0.1) is 18.7 Å². The summed E-state index contributed by atoms with van der Waals surface area (Å²) in [7, 11) is 0. The van der Waals surface area contributed by atoms with Crippen LogP contribution in [0.1, 0.15) is 29.3 Å². The molecule has 1 aliphatic rings. The van der Waals surface area contributed by atoms with Crippen LogP contribution in [0.3, 0.4) is 0 Å². The van der Waals surface area contributed by atoms with Crippen molar-refractivity contribution >= 4 is 11.6 Å². The standard InChI is InChI=1S/C14H19FN2O2/c1-8-12(15)5-11(6-13(8)16)14(18)17-7-10-3-4-19-9(10)2/h5-6,9-10H,3-4,7,16H2,1-2H3,(H,17,18). The van der Waals surface area contributed by atoms with E-state index in [1.807, 2.05) is 6.92 Å². The largest absolute Gasteiger partial charge is 0.398 e. The summed E-state index contributed by atoms with van der Waals surface area (Å²) in [5, 5.41) is 2.80. The molecule has 2 unspecified atom stereocenters. The van der Waals surface area contributed by atoms with Crippen molar-refractivity contribution in [3.63, 3.8) is 0 Å². The number of nitrogens with one attached hydrogen (secondary N) is 1. The third kappa shape index (κ3) is 3.04. The zero-order chi connectivity index (χ0) is 14.0. The number of amides is 1. The summed E-state index contributed by atoms with van der Waals surface area (Å²) in [5.41, 5.74) is 6.58. The van der Waals surface area contributed by atoms with Crippen LogP contribution in [0.15, 0.2) is 12.1 Å². The Balaban J connectivity index is 2.00. The van der Waals surface area contributed by atoms with E-state index in [0.717, 1.165) is 13.0 Å². The van der Waals surface area contributed by atoms with Crippen LogP contribution in [-0.4, -0.2) is 25.2 Å². The molecule has 4 nitrogen and oxygen atoms in total. The van der Waals surface area contributed by atoms with Gasteiger partial charge in [0, 0.05) is 35.9 Å². The number of benzene rings is 1. The van der Waals surface area contributed by atoms with Crippen molar-refractivity contribution in [2.24, 2.45) is 5.92 Å². The zero-order valence-electron chi connectivity index (χ0n) is 11.2. The van der Waals surface area contributed by atoms with Crippen LogP contribution in [0.4, 0.5) is 10.1 Å². The average molecular weight is 266 g/mol. The number of nitrogens with two attached hydrogens (primary N) is 1. The fraction of sp³-hybridized carbons (Fsp3) is 0.500. The number of anilines is 1. The monoisotopic (exact) mass is 266 g/mol. The first kappa shape index (κ1) is 13.8.